The highest BCUT2D eigenvalue weighted by atomic mass is 16.5. The van der Waals surface area contributed by atoms with Crippen molar-refractivity contribution in [2.24, 2.45) is 11.0 Å². The quantitative estimate of drug-likeness (QED) is 0.331. The molecule has 174 valence electrons. The van der Waals surface area contributed by atoms with Gasteiger partial charge in [0.15, 0.2) is 5.78 Å². The largest absolute Gasteiger partial charge is 0.378 e. The molecule has 1 aromatic carbocycles. The number of nitrogens with zero attached hydrogens (tertiary/aromatic N) is 5. The molecule has 1 aliphatic heterocycles. The number of aryl methyl sites for hydroxylation is 1. The molecule has 34 heavy (non-hydrogen) atoms. The van der Waals surface area contributed by atoms with Gasteiger partial charge >= 0.3 is 0 Å². The second kappa shape index (κ2) is 10.1. The van der Waals surface area contributed by atoms with Crippen molar-refractivity contribution in [3.63, 3.8) is 0 Å². The van der Waals surface area contributed by atoms with Gasteiger partial charge in [0.2, 0.25) is 5.95 Å². The van der Waals surface area contributed by atoms with Crippen LogP contribution in [0.4, 0.5) is 11.8 Å². The summed E-state index contributed by atoms with van der Waals surface area (Å²) in [5.74, 6) is 1.65. The topological polar surface area (TPSA) is 92.6 Å². The summed E-state index contributed by atoms with van der Waals surface area (Å²) in [6.07, 6.45) is 5.40. The maximum Gasteiger partial charge on any atom is 0.245 e. The number of ether oxygens (including phenoxy) is 1. The molecule has 2 aliphatic rings. The van der Waals surface area contributed by atoms with Gasteiger partial charge in [0.25, 0.3) is 0 Å². The molecule has 0 bridgehead atoms. The van der Waals surface area contributed by atoms with E-state index in [1.807, 2.05) is 24.3 Å². The summed E-state index contributed by atoms with van der Waals surface area (Å²) < 4.78 is 5.54. The van der Waals surface area contributed by atoms with Gasteiger partial charge in [-0.25, -0.2) is 10.4 Å². The summed E-state index contributed by atoms with van der Waals surface area (Å²) in [7, 11) is 0. The van der Waals surface area contributed by atoms with Gasteiger partial charge in [-0.3, -0.25) is 9.78 Å². The molecule has 1 saturated heterocycles. The molecule has 1 unspecified atom stereocenters. The fraction of sp³-hybridized carbons (Fsp3) is 0.346. The molecule has 0 spiro atoms. The number of hydrogen-bond donors (Lipinski definition) is 1. The zero-order valence-electron chi connectivity index (χ0n) is 19.3. The SMILES string of the molecule is Cc1cccc(/C=N/Nc2nc3c(c(N4CCOCC4)n2)CC(CC(=O)c2ccccn2)C3)c1. The number of Topliss-reactive ketones (excluding diaryl/α,β-unsaturated/α-hetero) is 1. The smallest absolute Gasteiger partial charge is 0.245 e. The molecule has 0 amide bonds. The van der Waals surface area contributed by atoms with E-state index < -0.39 is 0 Å². The number of benzene rings is 1. The highest BCUT2D eigenvalue weighted by Crippen LogP contribution is 2.35. The fourth-order valence-electron chi connectivity index (χ4n) is 4.57. The number of nitrogens with one attached hydrogen (secondary N) is 1. The molecular weight excluding hydrogens is 428 g/mol. The molecule has 8 heteroatoms. The summed E-state index contributed by atoms with van der Waals surface area (Å²) in [6, 6.07) is 13.6. The molecule has 1 atom stereocenters. The van der Waals surface area contributed by atoms with Crippen molar-refractivity contribution in [1.29, 1.82) is 0 Å². The van der Waals surface area contributed by atoms with Crippen LogP contribution in [-0.2, 0) is 17.6 Å². The van der Waals surface area contributed by atoms with Crippen LogP contribution in [0.15, 0.2) is 53.8 Å². The lowest BCUT2D eigenvalue weighted by Crippen LogP contribution is -2.37. The lowest BCUT2D eigenvalue weighted by atomic mass is 9.98. The predicted octanol–water partition coefficient (Wildman–Crippen LogP) is 3.45. The summed E-state index contributed by atoms with van der Waals surface area (Å²) in [4.78, 5) is 28.8. The maximum atomic E-state index is 12.7. The van der Waals surface area contributed by atoms with Crippen molar-refractivity contribution < 1.29 is 9.53 Å². The first-order chi connectivity index (χ1) is 16.7. The number of fused-ring (bicyclic) bond motifs is 1. The molecule has 2 aromatic heterocycles. The third kappa shape index (κ3) is 5.12. The van der Waals surface area contributed by atoms with Gasteiger partial charge < -0.3 is 9.64 Å². The minimum absolute atomic E-state index is 0.0698. The van der Waals surface area contributed by atoms with Crippen LogP contribution in [0.25, 0.3) is 0 Å². The van der Waals surface area contributed by atoms with Gasteiger partial charge in [0, 0.05) is 31.3 Å². The van der Waals surface area contributed by atoms with Crippen molar-refractivity contribution in [2.75, 3.05) is 36.6 Å². The minimum atomic E-state index is 0.0698. The van der Waals surface area contributed by atoms with E-state index in [0.717, 1.165) is 48.6 Å². The number of hydrogen-bond acceptors (Lipinski definition) is 8. The number of morpholine rings is 1. The first kappa shape index (κ1) is 22.2. The normalized spacial score (nSPS) is 17.7. The Bertz CT molecular complexity index is 1190. The van der Waals surface area contributed by atoms with Crippen molar-refractivity contribution >= 4 is 23.8 Å². The van der Waals surface area contributed by atoms with Gasteiger partial charge in [-0.2, -0.15) is 10.1 Å². The van der Waals surface area contributed by atoms with Crippen LogP contribution < -0.4 is 10.3 Å². The monoisotopic (exact) mass is 456 g/mol. The lowest BCUT2D eigenvalue weighted by molar-refractivity contribution is 0.0958. The minimum Gasteiger partial charge on any atom is -0.378 e. The molecule has 0 radical (unpaired) electrons. The number of hydrazone groups is 1. The average Bonchev–Trinajstić information content (AvgIpc) is 3.27. The van der Waals surface area contributed by atoms with Crippen LogP contribution in [0.3, 0.4) is 0 Å². The third-order valence-corrected chi connectivity index (χ3v) is 6.20. The third-order valence-electron chi connectivity index (χ3n) is 6.20. The second-order valence-electron chi connectivity index (χ2n) is 8.80. The number of ketones is 1. The van der Waals surface area contributed by atoms with Crippen LogP contribution in [-0.4, -0.2) is 53.3 Å². The van der Waals surface area contributed by atoms with E-state index in [0.29, 0.717) is 31.3 Å². The Balaban J connectivity index is 1.36. The fourth-order valence-corrected chi connectivity index (χ4v) is 4.57. The Morgan fingerprint density at radius 3 is 2.85 bits per heavy atom. The van der Waals surface area contributed by atoms with Crippen LogP contribution in [0.1, 0.15) is 39.3 Å². The van der Waals surface area contributed by atoms with Gasteiger partial charge in [-0.1, -0.05) is 35.9 Å². The van der Waals surface area contributed by atoms with Gasteiger partial charge in [-0.15, -0.1) is 0 Å². The molecule has 5 rings (SSSR count). The molecular formula is C26H28N6O2. The second-order valence-corrected chi connectivity index (χ2v) is 8.80. The number of pyridine rings is 1. The summed E-state index contributed by atoms with van der Waals surface area (Å²) >= 11 is 0. The van der Waals surface area contributed by atoms with E-state index in [2.05, 4.69) is 39.5 Å². The van der Waals surface area contributed by atoms with E-state index >= 15 is 0 Å². The van der Waals surface area contributed by atoms with E-state index in [4.69, 9.17) is 14.7 Å². The number of carbonyl (C=O) groups excluding carboxylic acids is 1. The molecule has 0 saturated carbocycles. The van der Waals surface area contributed by atoms with Crippen LogP contribution in [0.5, 0.6) is 0 Å². The van der Waals surface area contributed by atoms with Gasteiger partial charge in [0.05, 0.1) is 25.1 Å². The highest BCUT2D eigenvalue weighted by molar-refractivity contribution is 5.94. The Morgan fingerprint density at radius 2 is 2.06 bits per heavy atom. The Kier molecular flexibility index (Phi) is 6.58. The zero-order chi connectivity index (χ0) is 23.3. The molecule has 1 aliphatic carbocycles. The average molecular weight is 457 g/mol. The Morgan fingerprint density at radius 1 is 1.18 bits per heavy atom. The maximum absolute atomic E-state index is 12.7. The predicted molar refractivity (Wildman–Crippen MR) is 132 cm³/mol. The molecule has 8 nitrogen and oxygen atoms in total. The van der Waals surface area contributed by atoms with Crippen molar-refractivity contribution in [3.05, 3.63) is 76.7 Å². The first-order valence-electron chi connectivity index (χ1n) is 11.7. The highest BCUT2D eigenvalue weighted by Gasteiger charge is 2.31. The Labute approximate surface area is 199 Å². The number of carbonyl (C=O) groups is 1. The molecule has 1 N–H and O–H groups in total. The molecule has 3 heterocycles. The molecule has 1 fully saturated rings. The summed E-state index contributed by atoms with van der Waals surface area (Å²) in [5.41, 5.74) is 7.85. The standard InChI is InChI=1S/C26H28N6O2/c1-18-5-4-6-19(13-18)17-28-31-26-29-23-15-20(16-24(33)22-7-2-3-8-27-22)14-21(23)25(30-26)32-9-11-34-12-10-32/h2-8,13,17,20H,9-12,14-16H2,1H3,(H,29,30,31)/b28-17+. The van der Waals surface area contributed by atoms with Crippen LogP contribution in [0, 0.1) is 12.8 Å². The number of aromatic nitrogens is 3. The van der Waals surface area contributed by atoms with Crippen molar-refractivity contribution in [2.45, 2.75) is 26.2 Å². The summed E-state index contributed by atoms with van der Waals surface area (Å²) in [6.45, 7) is 4.97. The van der Waals surface area contributed by atoms with Crippen molar-refractivity contribution in [3.8, 4) is 0 Å². The summed E-state index contributed by atoms with van der Waals surface area (Å²) in [5, 5.41) is 4.37. The molecule has 3 aromatic rings. The van der Waals surface area contributed by atoms with Crippen LogP contribution >= 0.6 is 0 Å². The van der Waals surface area contributed by atoms with E-state index in [9.17, 15) is 4.79 Å². The Hall–Kier alpha value is -3.65. The van der Waals surface area contributed by atoms with Crippen molar-refractivity contribution in [1.82, 2.24) is 15.0 Å². The van der Waals surface area contributed by atoms with E-state index in [-0.39, 0.29) is 11.7 Å². The first-order valence-corrected chi connectivity index (χ1v) is 11.7. The zero-order valence-corrected chi connectivity index (χ0v) is 19.3. The number of rotatable bonds is 7. The van der Waals surface area contributed by atoms with Crippen LogP contribution in [0.2, 0.25) is 0 Å². The van der Waals surface area contributed by atoms with Gasteiger partial charge in [-0.05, 0) is 43.4 Å². The number of anilines is 2. The van der Waals surface area contributed by atoms with E-state index in [1.54, 1.807) is 18.5 Å². The lowest BCUT2D eigenvalue weighted by Gasteiger charge is -2.29. The van der Waals surface area contributed by atoms with Gasteiger partial charge in [0.1, 0.15) is 11.5 Å². The van der Waals surface area contributed by atoms with E-state index in [1.165, 1.54) is 5.56 Å².